The molecule has 0 amide bonds. The van der Waals surface area contributed by atoms with Gasteiger partial charge in [0.2, 0.25) is 0 Å². The van der Waals surface area contributed by atoms with Crippen LogP contribution >= 0.6 is 23.2 Å². The number of hydrogen-bond donors (Lipinski definition) is 2. The van der Waals surface area contributed by atoms with Gasteiger partial charge in [-0.3, -0.25) is 10.1 Å². The minimum atomic E-state index is -0.508. The Balaban J connectivity index is 1.97. The van der Waals surface area contributed by atoms with Crippen LogP contribution in [0.3, 0.4) is 0 Å². The van der Waals surface area contributed by atoms with Crippen LogP contribution in [0.15, 0.2) is 12.1 Å². The van der Waals surface area contributed by atoms with E-state index in [1.807, 2.05) is 0 Å². The van der Waals surface area contributed by atoms with Crippen LogP contribution in [0.4, 0.5) is 11.4 Å². The minimum absolute atomic E-state index is 0.0967. The summed E-state index contributed by atoms with van der Waals surface area (Å²) in [7, 11) is 0. The van der Waals surface area contributed by atoms with Crippen molar-refractivity contribution in [3.05, 3.63) is 32.3 Å². The van der Waals surface area contributed by atoms with Crippen LogP contribution in [0, 0.1) is 16.0 Å². The molecule has 0 aliphatic carbocycles. The van der Waals surface area contributed by atoms with Gasteiger partial charge in [-0.2, -0.15) is 0 Å². The zero-order chi connectivity index (χ0) is 13.8. The van der Waals surface area contributed by atoms with Crippen molar-refractivity contribution in [2.24, 2.45) is 5.92 Å². The molecule has 0 aromatic heterocycles. The molecule has 1 aliphatic rings. The van der Waals surface area contributed by atoms with E-state index in [0.29, 0.717) is 11.6 Å². The fourth-order valence-corrected chi connectivity index (χ4v) is 2.81. The molecule has 1 aromatic rings. The van der Waals surface area contributed by atoms with E-state index < -0.39 is 4.92 Å². The van der Waals surface area contributed by atoms with Gasteiger partial charge in [0.05, 0.1) is 20.7 Å². The van der Waals surface area contributed by atoms with Crippen molar-refractivity contribution in [2.45, 2.75) is 12.8 Å². The number of anilines is 1. The first kappa shape index (κ1) is 14.4. The smallest absolute Gasteiger partial charge is 0.272 e. The molecule has 1 saturated heterocycles. The SMILES string of the molecule is O=[N+]([O-])c1cc(Cl)c(NCCC2CCNC2)c(Cl)c1. The van der Waals surface area contributed by atoms with E-state index >= 15 is 0 Å². The molecule has 1 fully saturated rings. The van der Waals surface area contributed by atoms with E-state index in [-0.39, 0.29) is 15.7 Å². The number of nitrogens with zero attached hydrogens (tertiary/aromatic N) is 1. The van der Waals surface area contributed by atoms with Gasteiger partial charge in [-0.15, -0.1) is 0 Å². The average Bonchev–Trinajstić information content (AvgIpc) is 2.85. The minimum Gasteiger partial charge on any atom is -0.383 e. The molecular formula is C12H15Cl2N3O2. The second-order valence-electron chi connectivity index (χ2n) is 4.62. The number of hydrogen-bond acceptors (Lipinski definition) is 4. The fraction of sp³-hybridized carbons (Fsp3) is 0.500. The van der Waals surface area contributed by atoms with Crippen molar-refractivity contribution >= 4 is 34.6 Å². The van der Waals surface area contributed by atoms with Crippen LogP contribution in [0.2, 0.25) is 10.0 Å². The molecule has 7 heteroatoms. The van der Waals surface area contributed by atoms with Crippen molar-refractivity contribution in [3.63, 3.8) is 0 Å². The summed E-state index contributed by atoms with van der Waals surface area (Å²) < 4.78 is 0. The molecule has 1 aliphatic heterocycles. The van der Waals surface area contributed by atoms with Crippen molar-refractivity contribution in [2.75, 3.05) is 25.0 Å². The Hall–Kier alpha value is -1.04. The largest absolute Gasteiger partial charge is 0.383 e. The maximum atomic E-state index is 10.7. The molecule has 2 rings (SSSR count). The summed E-state index contributed by atoms with van der Waals surface area (Å²) in [6, 6.07) is 2.62. The number of benzene rings is 1. The molecule has 1 unspecified atom stereocenters. The summed E-state index contributed by atoms with van der Waals surface area (Å²) >= 11 is 12.0. The second-order valence-corrected chi connectivity index (χ2v) is 5.43. The first-order chi connectivity index (χ1) is 9.08. The predicted octanol–water partition coefficient (Wildman–Crippen LogP) is 3.31. The van der Waals surface area contributed by atoms with Gasteiger partial charge in [-0.05, 0) is 31.8 Å². The molecule has 0 saturated carbocycles. The van der Waals surface area contributed by atoms with Gasteiger partial charge in [0.25, 0.3) is 5.69 Å². The summed E-state index contributed by atoms with van der Waals surface area (Å²) in [4.78, 5) is 10.2. The lowest BCUT2D eigenvalue weighted by Crippen LogP contribution is -2.13. The first-order valence-corrected chi connectivity index (χ1v) is 6.91. The molecule has 1 atom stereocenters. The third kappa shape index (κ3) is 3.72. The van der Waals surface area contributed by atoms with Gasteiger partial charge in [0.1, 0.15) is 0 Å². The van der Waals surface area contributed by atoms with Crippen LogP contribution in [0.1, 0.15) is 12.8 Å². The molecule has 5 nitrogen and oxygen atoms in total. The Bertz CT molecular complexity index is 453. The Morgan fingerprint density at radius 3 is 2.63 bits per heavy atom. The predicted molar refractivity (Wildman–Crippen MR) is 77.2 cm³/mol. The summed E-state index contributed by atoms with van der Waals surface area (Å²) in [5, 5.41) is 17.7. The Kier molecular flexibility index (Phi) is 4.85. The van der Waals surface area contributed by atoms with Crippen LogP contribution in [0.5, 0.6) is 0 Å². The Morgan fingerprint density at radius 1 is 1.42 bits per heavy atom. The molecule has 0 spiro atoms. The van der Waals surface area contributed by atoms with E-state index in [0.717, 1.165) is 26.1 Å². The first-order valence-electron chi connectivity index (χ1n) is 6.16. The number of nitrogens with one attached hydrogen (secondary N) is 2. The van der Waals surface area contributed by atoms with E-state index in [9.17, 15) is 10.1 Å². The summed E-state index contributed by atoms with van der Waals surface area (Å²) in [6.45, 7) is 2.87. The molecular weight excluding hydrogens is 289 g/mol. The van der Waals surface area contributed by atoms with Crippen molar-refractivity contribution < 1.29 is 4.92 Å². The van der Waals surface area contributed by atoms with E-state index in [1.165, 1.54) is 18.6 Å². The molecule has 0 bridgehead atoms. The van der Waals surface area contributed by atoms with Crippen LogP contribution < -0.4 is 10.6 Å². The maximum absolute atomic E-state index is 10.7. The quantitative estimate of drug-likeness (QED) is 0.647. The normalized spacial score (nSPS) is 18.5. The number of halogens is 2. The molecule has 19 heavy (non-hydrogen) atoms. The van der Waals surface area contributed by atoms with Gasteiger partial charge in [0.15, 0.2) is 0 Å². The van der Waals surface area contributed by atoms with E-state index in [1.54, 1.807) is 0 Å². The fourth-order valence-electron chi connectivity index (χ4n) is 2.20. The lowest BCUT2D eigenvalue weighted by atomic mass is 10.1. The van der Waals surface area contributed by atoms with E-state index in [4.69, 9.17) is 23.2 Å². The molecule has 1 aromatic carbocycles. The Labute approximate surface area is 121 Å². The van der Waals surface area contributed by atoms with Crippen molar-refractivity contribution in [3.8, 4) is 0 Å². The zero-order valence-electron chi connectivity index (χ0n) is 10.3. The zero-order valence-corrected chi connectivity index (χ0v) is 11.8. The average molecular weight is 304 g/mol. The van der Waals surface area contributed by atoms with Crippen LogP contribution in [0.25, 0.3) is 0 Å². The van der Waals surface area contributed by atoms with Gasteiger partial charge in [-0.25, -0.2) is 0 Å². The molecule has 0 radical (unpaired) electrons. The van der Waals surface area contributed by atoms with Gasteiger partial charge in [-0.1, -0.05) is 23.2 Å². The lowest BCUT2D eigenvalue weighted by molar-refractivity contribution is -0.384. The third-order valence-electron chi connectivity index (χ3n) is 3.25. The molecule has 1 heterocycles. The maximum Gasteiger partial charge on any atom is 0.272 e. The standard InChI is InChI=1S/C12H15Cl2N3O2/c13-10-5-9(17(18)19)6-11(14)12(10)16-4-2-8-1-3-15-7-8/h5-6,8,15-16H,1-4,7H2. The van der Waals surface area contributed by atoms with E-state index in [2.05, 4.69) is 10.6 Å². The van der Waals surface area contributed by atoms with Gasteiger partial charge >= 0.3 is 0 Å². The summed E-state index contributed by atoms with van der Waals surface area (Å²) in [6.07, 6.45) is 2.21. The molecule has 2 N–H and O–H groups in total. The number of nitro groups is 1. The summed E-state index contributed by atoms with van der Waals surface area (Å²) in [5.41, 5.74) is 0.473. The number of non-ortho nitro benzene ring substituents is 1. The summed E-state index contributed by atoms with van der Waals surface area (Å²) in [5.74, 6) is 0.670. The lowest BCUT2D eigenvalue weighted by Gasteiger charge is -2.12. The monoisotopic (exact) mass is 303 g/mol. The highest BCUT2D eigenvalue weighted by Crippen LogP contribution is 2.34. The van der Waals surface area contributed by atoms with Crippen molar-refractivity contribution in [1.29, 1.82) is 0 Å². The highest BCUT2D eigenvalue weighted by atomic mass is 35.5. The third-order valence-corrected chi connectivity index (χ3v) is 3.85. The van der Waals surface area contributed by atoms with Crippen molar-refractivity contribution in [1.82, 2.24) is 5.32 Å². The highest BCUT2D eigenvalue weighted by Gasteiger charge is 2.16. The van der Waals surface area contributed by atoms with Crippen LogP contribution in [-0.2, 0) is 0 Å². The number of rotatable bonds is 5. The number of nitro benzene ring substituents is 1. The highest BCUT2D eigenvalue weighted by molar-refractivity contribution is 6.39. The van der Waals surface area contributed by atoms with Crippen LogP contribution in [-0.4, -0.2) is 24.6 Å². The second kappa shape index (κ2) is 6.41. The van der Waals surface area contributed by atoms with Gasteiger partial charge in [0, 0.05) is 18.7 Å². The Morgan fingerprint density at radius 2 is 2.11 bits per heavy atom. The van der Waals surface area contributed by atoms with Gasteiger partial charge < -0.3 is 10.6 Å². The topological polar surface area (TPSA) is 67.2 Å². The molecule has 104 valence electrons.